The summed E-state index contributed by atoms with van der Waals surface area (Å²) in [5, 5.41) is 13.3. The maximum absolute atomic E-state index is 12.3. The summed E-state index contributed by atoms with van der Waals surface area (Å²) in [6, 6.07) is 16.4. The van der Waals surface area contributed by atoms with Gasteiger partial charge in [0.15, 0.2) is 0 Å². The molecule has 3 rings (SSSR count). The number of aliphatic hydroxyl groups excluding tert-OH is 1. The van der Waals surface area contributed by atoms with Crippen molar-refractivity contribution < 1.29 is 9.90 Å². The summed E-state index contributed by atoms with van der Waals surface area (Å²) in [5.41, 5.74) is 2.46. The molecule has 0 fully saturated rings. The predicted molar refractivity (Wildman–Crippen MR) is 82.0 cm³/mol. The Morgan fingerprint density at radius 1 is 1.14 bits per heavy atom. The van der Waals surface area contributed by atoms with Gasteiger partial charge in [-0.1, -0.05) is 30.3 Å². The molecule has 1 amide bonds. The molecule has 4 heteroatoms. The van der Waals surface area contributed by atoms with Gasteiger partial charge in [0.05, 0.1) is 12.6 Å². The van der Waals surface area contributed by atoms with Crippen LogP contribution in [-0.4, -0.2) is 22.6 Å². The maximum atomic E-state index is 12.3. The molecule has 0 saturated carbocycles. The van der Waals surface area contributed by atoms with Gasteiger partial charge in [0.2, 0.25) is 0 Å². The summed E-state index contributed by atoms with van der Waals surface area (Å²) in [6.45, 7) is -0.137. The van der Waals surface area contributed by atoms with Gasteiger partial charge in [0.1, 0.15) is 0 Å². The van der Waals surface area contributed by atoms with Crippen molar-refractivity contribution in [2.24, 2.45) is 0 Å². The number of amides is 1. The Morgan fingerprint density at radius 2 is 1.95 bits per heavy atom. The number of carbonyl (C=O) groups excluding carboxylic acids is 1. The zero-order valence-corrected chi connectivity index (χ0v) is 11.4. The average molecular weight is 280 g/mol. The maximum Gasteiger partial charge on any atom is 0.251 e. The highest BCUT2D eigenvalue weighted by molar-refractivity contribution is 5.98. The van der Waals surface area contributed by atoms with Gasteiger partial charge in [-0.15, -0.1) is 0 Å². The lowest BCUT2D eigenvalue weighted by Crippen LogP contribution is -2.30. The summed E-state index contributed by atoms with van der Waals surface area (Å²) < 4.78 is 0. The molecule has 0 aliphatic carbocycles. The number of aromatic amines is 1. The van der Waals surface area contributed by atoms with Crippen molar-refractivity contribution in [1.82, 2.24) is 10.3 Å². The van der Waals surface area contributed by atoms with Gasteiger partial charge in [-0.25, -0.2) is 0 Å². The molecule has 0 unspecified atom stereocenters. The first-order chi connectivity index (χ1) is 10.3. The number of rotatable bonds is 4. The van der Waals surface area contributed by atoms with Crippen molar-refractivity contribution in [3.8, 4) is 0 Å². The molecule has 106 valence electrons. The van der Waals surface area contributed by atoms with Crippen LogP contribution in [0.5, 0.6) is 0 Å². The standard InChI is InChI=1S/C17H16N2O2/c20-11-16(12-4-2-1-3-5-12)19-17(21)14-6-7-15-13(10-14)8-9-18-15/h1-10,16,18,20H,11H2,(H,19,21)/t16-/m1/s1. The van der Waals surface area contributed by atoms with E-state index in [-0.39, 0.29) is 12.5 Å². The fourth-order valence-electron chi connectivity index (χ4n) is 2.36. The smallest absolute Gasteiger partial charge is 0.251 e. The SMILES string of the molecule is O=C(N[C@H](CO)c1ccccc1)c1ccc2[nH]ccc2c1. The second kappa shape index (κ2) is 5.81. The quantitative estimate of drug-likeness (QED) is 0.688. The zero-order valence-electron chi connectivity index (χ0n) is 11.4. The monoisotopic (exact) mass is 280 g/mol. The van der Waals surface area contributed by atoms with Crippen LogP contribution in [0, 0.1) is 0 Å². The Morgan fingerprint density at radius 3 is 2.71 bits per heavy atom. The van der Waals surface area contributed by atoms with Crippen molar-refractivity contribution in [2.75, 3.05) is 6.61 Å². The lowest BCUT2D eigenvalue weighted by atomic mass is 10.1. The van der Waals surface area contributed by atoms with E-state index < -0.39 is 6.04 Å². The summed E-state index contributed by atoms with van der Waals surface area (Å²) in [7, 11) is 0. The fourth-order valence-corrected chi connectivity index (χ4v) is 2.36. The van der Waals surface area contributed by atoms with E-state index in [0.717, 1.165) is 16.5 Å². The minimum absolute atomic E-state index is 0.137. The lowest BCUT2D eigenvalue weighted by Gasteiger charge is -2.16. The van der Waals surface area contributed by atoms with Crippen molar-refractivity contribution in [3.63, 3.8) is 0 Å². The number of hydrogen-bond acceptors (Lipinski definition) is 2. The van der Waals surface area contributed by atoms with E-state index in [4.69, 9.17) is 0 Å². The second-order valence-corrected chi connectivity index (χ2v) is 4.90. The Hall–Kier alpha value is -2.59. The van der Waals surface area contributed by atoms with Crippen LogP contribution in [0.4, 0.5) is 0 Å². The van der Waals surface area contributed by atoms with E-state index in [1.807, 2.05) is 54.7 Å². The minimum Gasteiger partial charge on any atom is -0.394 e. The van der Waals surface area contributed by atoms with Gasteiger partial charge in [0.25, 0.3) is 5.91 Å². The highest BCUT2D eigenvalue weighted by Gasteiger charge is 2.15. The molecule has 1 aromatic heterocycles. The van der Waals surface area contributed by atoms with E-state index >= 15 is 0 Å². The molecule has 0 radical (unpaired) electrons. The number of nitrogens with one attached hydrogen (secondary N) is 2. The molecule has 21 heavy (non-hydrogen) atoms. The molecule has 4 nitrogen and oxygen atoms in total. The van der Waals surface area contributed by atoms with Gasteiger partial charge >= 0.3 is 0 Å². The van der Waals surface area contributed by atoms with Gasteiger partial charge in [-0.05, 0) is 29.8 Å². The average Bonchev–Trinajstić information content (AvgIpc) is 3.00. The van der Waals surface area contributed by atoms with Gasteiger partial charge in [-0.3, -0.25) is 4.79 Å². The molecule has 1 atom stereocenters. The number of benzene rings is 2. The minimum atomic E-state index is -0.402. The number of aromatic nitrogens is 1. The number of fused-ring (bicyclic) bond motifs is 1. The molecule has 2 aromatic carbocycles. The third-order valence-electron chi connectivity index (χ3n) is 3.51. The van der Waals surface area contributed by atoms with Crippen LogP contribution >= 0.6 is 0 Å². The molecule has 0 aliphatic heterocycles. The third-order valence-corrected chi connectivity index (χ3v) is 3.51. The van der Waals surface area contributed by atoms with E-state index in [9.17, 15) is 9.90 Å². The van der Waals surface area contributed by atoms with Crippen molar-refractivity contribution in [3.05, 3.63) is 71.9 Å². The molecular formula is C17H16N2O2. The first-order valence-electron chi connectivity index (χ1n) is 6.82. The summed E-state index contributed by atoms with van der Waals surface area (Å²) in [4.78, 5) is 15.4. The largest absolute Gasteiger partial charge is 0.394 e. The first kappa shape index (κ1) is 13.4. The van der Waals surface area contributed by atoms with Gasteiger partial charge in [0, 0.05) is 22.7 Å². The summed E-state index contributed by atoms with van der Waals surface area (Å²) in [5.74, 6) is -0.194. The number of hydrogen-bond donors (Lipinski definition) is 3. The number of aliphatic hydroxyl groups is 1. The molecule has 0 saturated heterocycles. The van der Waals surface area contributed by atoms with E-state index in [1.54, 1.807) is 6.07 Å². The predicted octanol–water partition coefficient (Wildman–Crippen LogP) is 2.63. The van der Waals surface area contributed by atoms with Crippen molar-refractivity contribution in [1.29, 1.82) is 0 Å². The lowest BCUT2D eigenvalue weighted by molar-refractivity contribution is 0.0916. The fraction of sp³-hybridized carbons (Fsp3) is 0.118. The summed E-state index contributed by atoms with van der Waals surface area (Å²) in [6.07, 6.45) is 1.84. The molecule has 3 aromatic rings. The number of H-pyrrole nitrogens is 1. The van der Waals surface area contributed by atoms with Crippen LogP contribution in [-0.2, 0) is 0 Å². The van der Waals surface area contributed by atoms with Crippen molar-refractivity contribution >= 4 is 16.8 Å². The first-order valence-corrected chi connectivity index (χ1v) is 6.82. The van der Waals surface area contributed by atoms with Crippen molar-refractivity contribution in [2.45, 2.75) is 6.04 Å². The van der Waals surface area contributed by atoms with Crippen LogP contribution in [0.15, 0.2) is 60.8 Å². The molecular weight excluding hydrogens is 264 g/mol. The molecule has 0 spiro atoms. The third kappa shape index (κ3) is 2.80. The topological polar surface area (TPSA) is 65.1 Å². The van der Waals surface area contributed by atoms with E-state index in [0.29, 0.717) is 5.56 Å². The van der Waals surface area contributed by atoms with E-state index in [1.165, 1.54) is 0 Å². The Balaban J connectivity index is 1.81. The van der Waals surface area contributed by atoms with Crippen LogP contribution in [0.1, 0.15) is 22.0 Å². The molecule has 0 aliphatic rings. The number of carbonyl (C=O) groups is 1. The highest BCUT2D eigenvalue weighted by atomic mass is 16.3. The van der Waals surface area contributed by atoms with E-state index in [2.05, 4.69) is 10.3 Å². The highest BCUT2D eigenvalue weighted by Crippen LogP contribution is 2.16. The molecule has 0 bridgehead atoms. The zero-order chi connectivity index (χ0) is 14.7. The summed E-state index contributed by atoms with van der Waals surface area (Å²) >= 11 is 0. The molecule has 3 N–H and O–H groups in total. The molecule has 1 heterocycles. The normalized spacial score (nSPS) is 12.2. The Labute approximate surface area is 122 Å². The Kier molecular flexibility index (Phi) is 3.71. The van der Waals surface area contributed by atoms with Gasteiger partial charge in [-0.2, -0.15) is 0 Å². The van der Waals surface area contributed by atoms with Crippen LogP contribution in [0.25, 0.3) is 10.9 Å². The Bertz CT molecular complexity index is 750. The van der Waals surface area contributed by atoms with Crippen LogP contribution in [0.2, 0.25) is 0 Å². The second-order valence-electron chi connectivity index (χ2n) is 4.90. The van der Waals surface area contributed by atoms with Gasteiger partial charge < -0.3 is 15.4 Å². The van der Waals surface area contributed by atoms with Crippen LogP contribution < -0.4 is 5.32 Å². The van der Waals surface area contributed by atoms with Crippen LogP contribution in [0.3, 0.4) is 0 Å².